The van der Waals surface area contributed by atoms with Crippen LogP contribution in [0.4, 0.5) is 0 Å². The zero-order chi connectivity index (χ0) is 60.1. The van der Waals surface area contributed by atoms with Gasteiger partial charge in [-0.1, -0.05) is 131 Å². The minimum atomic E-state index is -2.36. The van der Waals surface area contributed by atoms with Gasteiger partial charge in [-0.2, -0.15) is 0 Å². The summed E-state index contributed by atoms with van der Waals surface area (Å²) in [5, 5.41) is 63.2. The van der Waals surface area contributed by atoms with E-state index in [2.05, 4.69) is 150 Å². The molecule has 3 heterocycles. The summed E-state index contributed by atoms with van der Waals surface area (Å²) in [4.78, 5) is 4.61. The molecule has 0 amide bonds. The van der Waals surface area contributed by atoms with E-state index >= 15 is 0 Å². The Kier molecular flexibility index (Phi) is 17.2. The third kappa shape index (κ3) is 15.2. The van der Waals surface area contributed by atoms with Crippen LogP contribution in [0.3, 0.4) is 0 Å². The molecule has 82 heavy (non-hydrogen) atoms. The molecule has 1 unspecified atom stereocenters. The molecule has 436 valence electrons. The highest BCUT2D eigenvalue weighted by Crippen LogP contribution is 2.44. The zero-order valence-electron chi connectivity index (χ0n) is 52.2. The number of aromatic nitrogens is 9. The lowest BCUT2D eigenvalue weighted by molar-refractivity contribution is 0.283. The molecule has 9 rings (SSSR count). The maximum atomic E-state index is 12.0. The predicted octanol–water partition coefficient (Wildman–Crippen LogP) is 16.0. The number of nitrogens with zero attached hydrogens (tertiary/aromatic N) is 9. The first kappa shape index (κ1) is 61.6. The summed E-state index contributed by atoms with van der Waals surface area (Å²) in [7, 11) is -5.86. The van der Waals surface area contributed by atoms with Crippen molar-refractivity contribution >= 4 is 58.3 Å². The average Bonchev–Trinajstić information content (AvgIpc) is 3.20. The second kappa shape index (κ2) is 22.9. The van der Waals surface area contributed by atoms with Crippen molar-refractivity contribution in [1.29, 1.82) is 0 Å². The lowest BCUT2D eigenvalue weighted by Gasteiger charge is -2.39. The molecule has 6 aromatic carbocycles. The Morgan fingerprint density at radius 3 is 1.06 bits per heavy atom. The van der Waals surface area contributed by atoms with Gasteiger partial charge in [-0.3, -0.25) is 0 Å². The molecule has 0 spiro atoms. The summed E-state index contributed by atoms with van der Waals surface area (Å²) in [6.07, 6.45) is 2.86. The van der Waals surface area contributed by atoms with Crippen LogP contribution in [0.25, 0.3) is 50.2 Å². The molecule has 14 nitrogen and oxygen atoms in total. The smallest absolute Gasteiger partial charge is 0.314 e. The molecule has 3 aromatic heterocycles. The van der Waals surface area contributed by atoms with Crippen molar-refractivity contribution in [3.8, 4) is 34.3 Å². The number of hydrogen-bond donors (Lipinski definition) is 3. The Bertz CT molecular complexity index is 3470. The van der Waals surface area contributed by atoms with Crippen LogP contribution in [0.15, 0.2) is 109 Å². The number of aromatic hydroxyl groups is 3. The number of fused-ring (bicyclic) bond motifs is 3. The second-order valence-electron chi connectivity index (χ2n) is 28.7. The summed E-state index contributed by atoms with van der Waals surface area (Å²) in [6.45, 7) is 42.3. The summed E-state index contributed by atoms with van der Waals surface area (Å²) < 4.78 is 13.4. The van der Waals surface area contributed by atoms with Crippen molar-refractivity contribution in [3.05, 3.63) is 143 Å². The van der Waals surface area contributed by atoms with Gasteiger partial charge in [0.2, 0.25) is 0 Å². The van der Waals surface area contributed by atoms with Crippen molar-refractivity contribution < 1.29 is 23.5 Å². The highest BCUT2D eigenvalue weighted by molar-refractivity contribution is 6.87. The fourth-order valence-electron chi connectivity index (χ4n) is 12.3. The standard InChI is InChI=1S/C41H50N6O2.C24H39N3O3Si3/c1-38(2,3)24-40(7,8)28-20-26(36(48)34(22-28)46-42-30-15-11-12-16-31(30)43-46)19-27-21-29(41(9,10)25-39(4,5)6)23-35(37(27)49)47-44-32-17-13-14-18-33(32)45-47;1-18-14-20(15-19(2)17-33(9,29-31(3,4)5)30-32(6,7)8)24(28)23(16-18)27-25-21-12-10-11-13-22(21)26-27/h11-18,20-23,48-49H,19,24-25H2,1-10H3;10-14,16,19,28H,15,17H2,1-9H3. The first-order valence-electron chi connectivity index (χ1n) is 28.9. The monoisotopic (exact) mass is 1160 g/mol. The molecule has 0 aliphatic rings. The van der Waals surface area contributed by atoms with E-state index in [-0.39, 0.29) is 45.3 Å². The largest absolute Gasteiger partial charge is 0.505 e. The molecule has 0 aliphatic heterocycles. The van der Waals surface area contributed by atoms with Crippen molar-refractivity contribution in [3.63, 3.8) is 0 Å². The van der Waals surface area contributed by atoms with E-state index in [1.165, 1.54) is 9.59 Å². The molecule has 0 bridgehead atoms. The van der Waals surface area contributed by atoms with E-state index in [1.54, 1.807) is 4.80 Å². The molecule has 3 N–H and O–H groups in total. The molecule has 0 fully saturated rings. The van der Waals surface area contributed by atoms with Gasteiger partial charge in [-0.05, 0) is 182 Å². The molecule has 0 radical (unpaired) electrons. The minimum Gasteiger partial charge on any atom is -0.505 e. The molecule has 9 aromatic rings. The Balaban J connectivity index is 0.000000232. The average molecular weight is 1160 g/mol. The minimum absolute atomic E-state index is 0.0702. The zero-order valence-corrected chi connectivity index (χ0v) is 55.2. The Morgan fingerprint density at radius 2 is 0.756 bits per heavy atom. The maximum Gasteiger partial charge on any atom is 0.314 e. The Hall–Kier alpha value is -6.51. The van der Waals surface area contributed by atoms with Crippen LogP contribution in [-0.2, 0) is 31.9 Å². The molecular formula is C65H89N9O5Si3. The fourth-order valence-corrected chi connectivity index (χ4v) is 25.3. The van der Waals surface area contributed by atoms with E-state index in [0.717, 1.165) is 80.7 Å². The van der Waals surface area contributed by atoms with Gasteiger partial charge in [0.25, 0.3) is 0 Å². The lowest BCUT2D eigenvalue weighted by Crippen LogP contribution is -2.53. The summed E-state index contributed by atoms with van der Waals surface area (Å²) in [6, 6.07) is 36.2. The topological polar surface area (TPSA) is 171 Å². The summed E-state index contributed by atoms with van der Waals surface area (Å²) >= 11 is 0. The van der Waals surface area contributed by atoms with Gasteiger partial charge in [0.1, 0.15) is 67.4 Å². The molecular weight excluding hydrogens is 1070 g/mol. The van der Waals surface area contributed by atoms with Gasteiger partial charge < -0.3 is 23.5 Å². The molecule has 0 saturated heterocycles. The first-order valence-corrected chi connectivity index (χ1v) is 38.2. The van der Waals surface area contributed by atoms with Crippen molar-refractivity contribution in [2.45, 2.75) is 171 Å². The van der Waals surface area contributed by atoms with E-state index in [0.29, 0.717) is 34.1 Å². The van der Waals surface area contributed by atoms with Gasteiger partial charge in [0, 0.05) is 17.5 Å². The summed E-state index contributed by atoms with van der Waals surface area (Å²) in [5.74, 6) is 0.714. The van der Waals surface area contributed by atoms with E-state index in [1.807, 2.05) is 97.9 Å². The molecule has 17 heteroatoms. The number of phenols is 3. The van der Waals surface area contributed by atoms with E-state index in [9.17, 15) is 15.3 Å². The fraction of sp³-hybridized carbons (Fsp3) is 0.446. The Labute approximate surface area is 489 Å². The van der Waals surface area contributed by atoms with Crippen LogP contribution in [0.2, 0.25) is 51.9 Å². The molecule has 1 atom stereocenters. The van der Waals surface area contributed by atoms with Gasteiger partial charge in [-0.15, -0.1) is 45.0 Å². The first-order chi connectivity index (χ1) is 37.9. The Morgan fingerprint density at radius 1 is 0.451 bits per heavy atom. The second-order valence-corrected chi connectivity index (χ2v) is 41.5. The lowest BCUT2D eigenvalue weighted by atomic mass is 9.71. The van der Waals surface area contributed by atoms with E-state index < -0.39 is 25.2 Å². The highest BCUT2D eigenvalue weighted by atomic mass is 28.5. The summed E-state index contributed by atoms with van der Waals surface area (Å²) in [5.41, 5.74) is 11.4. The van der Waals surface area contributed by atoms with Crippen LogP contribution in [0.5, 0.6) is 17.2 Å². The van der Waals surface area contributed by atoms with Crippen LogP contribution in [-0.4, -0.2) is 85.5 Å². The van der Waals surface area contributed by atoms with Gasteiger partial charge in [-0.25, -0.2) is 0 Å². The number of aryl methyl sites for hydroxylation is 1. The third-order valence-corrected chi connectivity index (χ3v) is 24.2. The SMILES string of the molecule is CC(C)(C)CC(C)(C)c1cc(Cc2cc(C(C)(C)CC(C)(C)C)cc(-n3nc4ccccc4n3)c2O)c(O)c(-n2nc3ccccc3n2)c1.Cc1cc(CC(C)C[Si](C)(O[Si](C)(C)C)O[Si](C)(C)C)c(O)c(-n2nc3ccccc3n2)c1. The van der Waals surface area contributed by atoms with E-state index in [4.69, 9.17) is 28.6 Å². The van der Waals surface area contributed by atoms with Crippen LogP contribution < -0.4 is 0 Å². The maximum absolute atomic E-state index is 12.0. The normalized spacial score (nSPS) is 13.5. The van der Waals surface area contributed by atoms with Gasteiger partial charge in [0.05, 0.1) is 0 Å². The van der Waals surface area contributed by atoms with Crippen molar-refractivity contribution in [1.82, 2.24) is 45.0 Å². The predicted molar refractivity (Wildman–Crippen MR) is 341 cm³/mol. The van der Waals surface area contributed by atoms with Gasteiger partial charge in [0.15, 0.2) is 16.6 Å². The van der Waals surface area contributed by atoms with Gasteiger partial charge >= 0.3 is 8.56 Å². The third-order valence-electron chi connectivity index (χ3n) is 14.4. The quantitative estimate of drug-likeness (QED) is 0.0741. The number of rotatable bonds is 17. The van der Waals surface area contributed by atoms with Crippen molar-refractivity contribution in [2.75, 3.05) is 0 Å². The number of hydrogen-bond acceptors (Lipinski definition) is 11. The van der Waals surface area contributed by atoms with Crippen LogP contribution in [0.1, 0.15) is 122 Å². The van der Waals surface area contributed by atoms with Crippen LogP contribution in [0, 0.1) is 23.7 Å². The molecule has 0 aliphatic carbocycles. The molecule has 0 saturated carbocycles. The van der Waals surface area contributed by atoms with Crippen molar-refractivity contribution in [2.24, 2.45) is 16.7 Å². The highest BCUT2D eigenvalue weighted by Gasteiger charge is 2.42. The van der Waals surface area contributed by atoms with Crippen LogP contribution >= 0.6 is 0 Å². The number of phenolic OH excluding ortho intramolecular Hbond substituents is 3. The number of benzene rings is 6.